The second-order valence-electron chi connectivity index (χ2n) is 9.23. The lowest BCUT2D eigenvalue weighted by Gasteiger charge is -2.10. The van der Waals surface area contributed by atoms with E-state index in [9.17, 15) is 57.5 Å². The molecule has 4 aromatic carbocycles. The molecule has 0 unspecified atom stereocenters. The van der Waals surface area contributed by atoms with Gasteiger partial charge < -0.3 is 5.11 Å². The molecule has 23 heteroatoms. The largest absolute Gasteiger partial charge is 0.506 e. The monoisotopic (exact) mass is 732 g/mol. The summed E-state index contributed by atoms with van der Waals surface area (Å²) in [5.74, 6) is -1.49. The molecule has 0 aliphatic carbocycles. The number of hydrogen-bond donors (Lipinski definition) is 6. The molecular weight excluding hydrogens is 713 g/mol. The topological polar surface area (TPSA) is 310 Å². The van der Waals surface area contributed by atoms with Crippen molar-refractivity contribution >= 4 is 62.6 Å². The van der Waals surface area contributed by atoms with Gasteiger partial charge in [0.15, 0.2) is 15.2 Å². The van der Waals surface area contributed by atoms with Crippen LogP contribution in [0.15, 0.2) is 95.1 Å². The van der Waals surface area contributed by atoms with Crippen molar-refractivity contribution in [2.75, 3.05) is 23.2 Å². The molecule has 0 aromatic heterocycles. The van der Waals surface area contributed by atoms with Gasteiger partial charge in [0.25, 0.3) is 20.2 Å². The SMILES string of the molecule is O=c1ccc(=NNc2cc(S(=O)(=O)O)c3cccc(S(=O)(=O)O)c3c2)c(=O)c1=NNc1cc(S(=O)(=O)CCOS(=O)(=O)O)ccc1O. The number of hydrogen-bond acceptors (Lipinski definition) is 16. The highest BCUT2D eigenvalue weighted by molar-refractivity contribution is 7.91. The van der Waals surface area contributed by atoms with Gasteiger partial charge in [-0.3, -0.25) is 34.1 Å². The van der Waals surface area contributed by atoms with Gasteiger partial charge in [-0.25, -0.2) is 12.6 Å². The number of sulfone groups is 1. The predicted molar refractivity (Wildman–Crippen MR) is 161 cm³/mol. The fraction of sp³-hybridized carbons (Fsp3) is 0.0833. The van der Waals surface area contributed by atoms with Crippen LogP contribution in [0.1, 0.15) is 0 Å². The molecule has 6 N–H and O–H groups in total. The van der Waals surface area contributed by atoms with Crippen molar-refractivity contribution in [1.29, 1.82) is 0 Å². The van der Waals surface area contributed by atoms with Gasteiger partial charge in [-0.15, -0.1) is 0 Å². The Bertz CT molecular complexity index is 2600. The molecule has 250 valence electrons. The van der Waals surface area contributed by atoms with Crippen LogP contribution in [0, 0.1) is 0 Å². The Morgan fingerprint density at radius 1 is 0.723 bits per heavy atom. The molecule has 0 atom stereocenters. The summed E-state index contributed by atoms with van der Waals surface area (Å²) in [5, 5.41) is 15.6. The number of aromatic hydroxyl groups is 1. The van der Waals surface area contributed by atoms with Crippen LogP contribution >= 0.6 is 0 Å². The zero-order chi connectivity index (χ0) is 34.9. The Morgan fingerprint density at radius 3 is 2.04 bits per heavy atom. The lowest BCUT2D eigenvalue weighted by atomic mass is 10.1. The number of phenolic OH excluding ortho intramolecular Hbond substituents is 1. The highest BCUT2D eigenvalue weighted by atomic mass is 32.3. The Balaban J connectivity index is 1.73. The van der Waals surface area contributed by atoms with Gasteiger partial charge in [0.1, 0.15) is 20.9 Å². The van der Waals surface area contributed by atoms with Crippen LogP contribution in [0.2, 0.25) is 0 Å². The first-order chi connectivity index (χ1) is 21.7. The third-order valence-corrected chi connectivity index (χ3v) is 10.00. The maximum Gasteiger partial charge on any atom is 0.397 e. The summed E-state index contributed by atoms with van der Waals surface area (Å²) >= 11 is 0. The number of benzene rings is 4. The Labute approximate surface area is 264 Å². The molecule has 0 bridgehead atoms. The molecule has 0 spiro atoms. The molecule has 0 saturated heterocycles. The van der Waals surface area contributed by atoms with Gasteiger partial charge in [-0.1, -0.05) is 12.1 Å². The number of anilines is 2. The average molecular weight is 733 g/mol. The van der Waals surface area contributed by atoms with Crippen molar-refractivity contribution in [1.82, 2.24) is 0 Å². The zero-order valence-electron chi connectivity index (χ0n) is 23.0. The first-order valence-electron chi connectivity index (χ1n) is 12.3. The van der Waals surface area contributed by atoms with Crippen molar-refractivity contribution in [3.8, 4) is 5.75 Å². The summed E-state index contributed by atoms with van der Waals surface area (Å²) < 4.78 is 126. The van der Waals surface area contributed by atoms with Gasteiger partial charge in [0.05, 0.1) is 28.6 Å². The van der Waals surface area contributed by atoms with Gasteiger partial charge in [0.2, 0.25) is 10.9 Å². The normalized spacial score (nSPS) is 13.6. The summed E-state index contributed by atoms with van der Waals surface area (Å²) in [6, 6.07) is 9.69. The summed E-state index contributed by atoms with van der Waals surface area (Å²) in [6.07, 6.45) is 0. The fourth-order valence-electron chi connectivity index (χ4n) is 3.97. The lowest BCUT2D eigenvalue weighted by molar-refractivity contribution is 0.284. The predicted octanol–water partition coefficient (Wildman–Crippen LogP) is -0.916. The molecule has 0 saturated carbocycles. The maximum atomic E-state index is 13.0. The first-order valence-corrected chi connectivity index (χ1v) is 18.2. The maximum absolute atomic E-state index is 13.0. The van der Waals surface area contributed by atoms with Gasteiger partial charge in [0, 0.05) is 10.8 Å². The van der Waals surface area contributed by atoms with Crippen molar-refractivity contribution in [2.24, 2.45) is 10.2 Å². The second-order valence-corrected chi connectivity index (χ2v) is 15.2. The van der Waals surface area contributed by atoms with E-state index in [1.54, 1.807) is 0 Å². The van der Waals surface area contributed by atoms with E-state index in [0.717, 1.165) is 54.6 Å². The lowest BCUT2D eigenvalue weighted by Crippen LogP contribution is -2.47. The van der Waals surface area contributed by atoms with E-state index >= 15 is 0 Å². The third kappa shape index (κ3) is 8.40. The van der Waals surface area contributed by atoms with E-state index in [1.807, 2.05) is 0 Å². The van der Waals surface area contributed by atoms with Gasteiger partial charge >= 0.3 is 10.4 Å². The number of rotatable bonds is 11. The van der Waals surface area contributed by atoms with Crippen LogP contribution in [-0.4, -0.2) is 64.8 Å². The van der Waals surface area contributed by atoms with Gasteiger partial charge in [-0.05, 0) is 48.5 Å². The molecular formula is C24H20N4O15S4. The van der Waals surface area contributed by atoms with Crippen molar-refractivity contribution in [3.05, 3.63) is 91.8 Å². The Hall–Kier alpha value is -4.62. The first kappa shape index (κ1) is 35.2. The van der Waals surface area contributed by atoms with Gasteiger partial charge in [-0.2, -0.15) is 35.5 Å². The summed E-state index contributed by atoms with van der Waals surface area (Å²) in [6.45, 7) is -0.934. The minimum atomic E-state index is -4.96. The second kappa shape index (κ2) is 12.9. The van der Waals surface area contributed by atoms with Crippen molar-refractivity contribution in [2.45, 2.75) is 14.7 Å². The molecule has 0 heterocycles. The number of fused-ring (bicyclic) bond motifs is 1. The van der Waals surface area contributed by atoms with E-state index < -0.39 is 101 Å². The van der Waals surface area contributed by atoms with E-state index in [4.69, 9.17) is 4.55 Å². The summed E-state index contributed by atoms with van der Waals surface area (Å²) in [5.41, 5.74) is 1.70. The molecule has 0 radical (unpaired) electrons. The van der Waals surface area contributed by atoms with Crippen LogP contribution < -0.4 is 32.4 Å². The highest BCUT2D eigenvalue weighted by Gasteiger charge is 2.22. The van der Waals surface area contributed by atoms with Crippen LogP contribution in [0.5, 0.6) is 5.75 Å². The zero-order valence-corrected chi connectivity index (χ0v) is 26.3. The number of nitrogens with zero attached hydrogens (tertiary/aromatic N) is 2. The van der Waals surface area contributed by atoms with E-state index in [2.05, 4.69) is 25.2 Å². The number of nitrogens with one attached hydrogen (secondary N) is 2. The average Bonchev–Trinajstić information content (AvgIpc) is 2.94. The van der Waals surface area contributed by atoms with Crippen LogP contribution in [-0.2, 0) is 44.7 Å². The minimum Gasteiger partial charge on any atom is -0.506 e. The van der Waals surface area contributed by atoms with Crippen molar-refractivity contribution in [3.63, 3.8) is 0 Å². The summed E-state index contributed by atoms with van der Waals surface area (Å²) in [4.78, 5) is 23.5. The van der Waals surface area contributed by atoms with E-state index in [1.165, 1.54) is 6.07 Å². The number of phenols is 1. The van der Waals surface area contributed by atoms with Crippen LogP contribution in [0.4, 0.5) is 11.4 Å². The molecule has 19 nitrogen and oxygen atoms in total. The molecule has 0 amide bonds. The Morgan fingerprint density at radius 2 is 1.40 bits per heavy atom. The Kier molecular flexibility index (Phi) is 9.66. The quantitative estimate of drug-likeness (QED) is 0.0617. The third-order valence-electron chi connectivity index (χ3n) is 6.05. The molecule has 4 aromatic rings. The fourth-order valence-corrected chi connectivity index (χ4v) is 6.91. The summed E-state index contributed by atoms with van der Waals surface area (Å²) in [7, 11) is -19.0. The highest BCUT2D eigenvalue weighted by Crippen LogP contribution is 2.32. The van der Waals surface area contributed by atoms with E-state index in [-0.39, 0.29) is 16.5 Å². The molecule has 0 aliphatic heterocycles. The van der Waals surface area contributed by atoms with Crippen LogP contribution in [0.3, 0.4) is 0 Å². The molecule has 0 aliphatic rings. The molecule has 4 rings (SSSR count). The van der Waals surface area contributed by atoms with Crippen LogP contribution in [0.25, 0.3) is 10.8 Å². The van der Waals surface area contributed by atoms with Crippen molar-refractivity contribution < 1.29 is 56.6 Å². The van der Waals surface area contributed by atoms with E-state index in [0.29, 0.717) is 0 Å². The minimum absolute atomic E-state index is 0.271. The molecule has 0 fully saturated rings. The molecule has 47 heavy (non-hydrogen) atoms. The standard InChI is InChI=1S/C24H20N4O15S4/c29-19-6-4-14(44(32,33)9-8-43-47(40,41)42)12-18(19)27-28-23-20(30)7-5-17(24(23)31)26-25-13-10-16-15(22(11-13)46(37,38)39)2-1-3-21(16)45(34,35)36/h1-7,10-12,25,27,29H,8-9H2,(H,34,35,36)(H,37,38,39)(H,40,41,42). The smallest absolute Gasteiger partial charge is 0.397 e.